The van der Waals surface area contributed by atoms with Gasteiger partial charge < -0.3 is 15.2 Å². The third kappa shape index (κ3) is 2.55. The van der Waals surface area contributed by atoms with E-state index in [2.05, 4.69) is 5.32 Å². The van der Waals surface area contributed by atoms with Gasteiger partial charge in [-0.2, -0.15) is 0 Å². The van der Waals surface area contributed by atoms with Crippen LogP contribution in [0.3, 0.4) is 0 Å². The van der Waals surface area contributed by atoms with E-state index < -0.39 is 11.5 Å². The molecule has 1 atom stereocenters. The molecule has 0 bridgehead atoms. The maximum absolute atomic E-state index is 11.3. The average Bonchev–Trinajstić information content (AvgIpc) is 2.30. The number of benzene rings is 1. The van der Waals surface area contributed by atoms with Crippen molar-refractivity contribution in [3.05, 3.63) is 29.8 Å². The Hall–Kier alpha value is -2.04. The molecule has 5 heteroatoms. The van der Waals surface area contributed by atoms with Crippen LogP contribution < -0.4 is 10.1 Å². The molecule has 17 heavy (non-hydrogen) atoms. The largest absolute Gasteiger partial charge is 0.493 e. The molecule has 5 nitrogen and oxygen atoms in total. The lowest BCUT2D eigenvalue weighted by atomic mass is 9.91. The van der Waals surface area contributed by atoms with Gasteiger partial charge in [-0.3, -0.25) is 4.79 Å². The van der Waals surface area contributed by atoms with Crippen molar-refractivity contribution in [1.29, 1.82) is 0 Å². The Balaban J connectivity index is 3.27. The fraction of sp³-hybridized carbons (Fsp3) is 0.333. The molecule has 0 fully saturated rings. The number of carboxylic acids is 1. The first kappa shape index (κ1) is 13.0. The van der Waals surface area contributed by atoms with Crippen LogP contribution in [0.4, 0.5) is 0 Å². The summed E-state index contributed by atoms with van der Waals surface area (Å²) in [7, 11) is 0. The molecule has 0 saturated carbocycles. The Kier molecular flexibility index (Phi) is 4.09. The van der Waals surface area contributed by atoms with Crippen LogP contribution >= 0.6 is 0 Å². The van der Waals surface area contributed by atoms with Gasteiger partial charge in [-0.25, -0.2) is 4.79 Å². The summed E-state index contributed by atoms with van der Waals surface area (Å²) in [6.45, 7) is 3.65. The average molecular weight is 237 g/mol. The normalized spacial score (nSPS) is 13.5. The molecule has 1 rings (SSSR count). The van der Waals surface area contributed by atoms with Crippen LogP contribution in [-0.2, 0) is 15.1 Å². The summed E-state index contributed by atoms with van der Waals surface area (Å²) in [5.41, 5.74) is -1.07. The lowest BCUT2D eigenvalue weighted by molar-refractivity contribution is -0.146. The zero-order chi connectivity index (χ0) is 12.9. The molecule has 0 aliphatic heterocycles. The molecule has 2 N–H and O–H groups in total. The van der Waals surface area contributed by atoms with Crippen LogP contribution in [0.2, 0.25) is 0 Å². The second-order valence-electron chi connectivity index (χ2n) is 3.62. The smallest absolute Gasteiger partial charge is 0.333 e. The van der Waals surface area contributed by atoms with E-state index >= 15 is 0 Å². The Morgan fingerprint density at radius 1 is 1.53 bits per heavy atom. The molecule has 0 aromatic heterocycles. The lowest BCUT2D eigenvalue weighted by Crippen LogP contribution is -2.46. The van der Waals surface area contributed by atoms with Gasteiger partial charge in [0.05, 0.1) is 6.61 Å². The molecule has 1 aromatic carbocycles. The van der Waals surface area contributed by atoms with E-state index in [1.54, 1.807) is 24.3 Å². The fourth-order valence-corrected chi connectivity index (χ4v) is 1.53. The number of para-hydroxylation sites is 1. The summed E-state index contributed by atoms with van der Waals surface area (Å²) < 4.78 is 5.36. The summed E-state index contributed by atoms with van der Waals surface area (Å²) in [4.78, 5) is 21.8. The van der Waals surface area contributed by atoms with Crippen molar-refractivity contribution >= 4 is 12.4 Å². The van der Waals surface area contributed by atoms with Crippen LogP contribution in [0.25, 0.3) is 0 Å². The number of carboxylic acid groups (broad SMARTS) is 1. The van der Waals surface area contributed by atoms with Gasteiger partial charge in [0.25, 0.3) is 0 Å². The predicted octanol–water partition coefficient (Wildman–Crippen LogP) is 1.13. The predicted molar refractivity (Wildman–Crippen MR) is 61.8 cm³/mol. The first-order valence-corrected chi connectivity index (χ1v) is 5.23. The Bertz CT molecular complexity index is 419. The first-order valence-electron chi connectivity index (χ1n) is 5.23. The van der Waals surface area contributed by atoms with Crippen molar-refractivity contribution in [2.24, 2.45) is 0 Å². The summed E-state index contributed by atoms with van der Waals surface area (Å²) in [6, 6.07) is 6.74. The van der Waals surface area contributed by atoms with Gasteiger partial charge in [-0.15, -0.1) is 0 Å². The van der Waals surface area contributed by atoms with Crippen LogP contribution in [-0.4, -0.2) is 24.1 Å². The van der Waals surface area contributed by atoms with Crippen molar-refractivity contribution in [3.8, 4) is 5.75 Å². The van der Waals surface area contributed by atoms with Gasteiger partial charge in [0.2, 0.25) is 6.41 Å². The number of rotatable bonds is 6. The maximum Gasteiger partial charge on any atom is 0.333 e. The summed E-state index contributed by atoms with van der Waals surface area (Å²) in [6.07, 6.45) is 0.372. The summed E-state index contributed by atoms with van der Waals surface area (Å²) in [5, 5.41) is 11.5. The number of nitrogens with one attached hydrogen (secondary N) is 1. The van der Waals surface area contributed by atoms with E-state index in [0.717, 1.165) is 0 Å². The molecule has 0 radical (unpaired) electrons. The van der Waals surface area contributed by atoms with Crippen molar-refractivity contribution < 1.29 is 19.4 Å². The molecular formula is C12H15NO4. The monoisotopic (exact) mass is 237 g/mol. The number of hydrogen-bond acceptors (Lipinski definition) is 3. The zero-order valence-electron chi connectivity index (χ0n) is 9.77. The molecular weight excluding hydrogens is 222 g/mol. The highest BCUT2D eigenvalue weighted by Crippen LogP contribution is 2.29. The van der Waals surface area contributed by atoms with Crippen LogP contribution in [0.15, 0.2) is 24.3 Å². The number of ether oxygens (including phenoxy) is 1. The van der Waals surface area contributed by atoms with Gasteiger partial charge in [-0.1, -0.05) is 18.2 Å². The molecule has 1 amide bonds. The topological polar surface area (TPSA) is 75.6 Å². The van der Waals surface area contributed by atoms with Crippen molar-refractivity contribution in [2.75, 3.05) is 6.61 Å². The number of carbonyl (C=O) groups excluding carboxylic acids is 1. The molecule has 0 spiro atoms. The third-order valence-corrected chi connectivity index (χ3v) is 2.50. The fourth-order valence-electron chi connectivity index (χ4n) is 1.53. The molecule has 0 aliphatic carbocycles. The Morgan fingerprint density at radius 2 is 2.18 bits per heavy atom. The van der Waals surface area contributed by atoms with Gasteiger partial charge in [0, 0.05) is 5.56 Å². The highest BCUT2D eigenvalue weighted by molar-refractivity contribution is 5.83. The molecule has 1 aromatic rings. The minimum absolute atomic E-state index is 0.372. The highest BCUT2D eigenvalue weighted by atomic mass is 16.5. The molecule has 0 saturated heterocycles. The highest BCUT2D eigenvalue weighted by Gasteiger charge is 2.37. The summed E-state index contributed by atoms with van der Waals surface area (Å²) >= 11 is 0. The van der Waals surface area contributed by atoms with Gasteiger partial charge >= 0.3 is 5.97 Å². The number of carbonyl (C=O) groups is 2. The second kappa shape index (κ2) is 5.34. The second-order valence-corrected chi connectivity index (χ2v) is 3.62. The Labute approximate surface area is 99.4 Å². The van der Waals surface area contributed by atoms with Crippen molar-refractivity contribution in [2.45, 2.75) is 19.4 Å². The number of hydrogen-bond donors (Lipinski definition) is 2. The molecule has 92 valence electrons. The van der Waals surface area contributed by atoms with Gasteiger partial charge in [0.15, 0.2) is 5.54 Å². The zero-order valence-corrected chi connectivity index (χ0v) is 9.77. The first-order chi connectivity index (χ1) is 8.06. The van der Waals surface area contributed by atoms with E-state index in [1.165, 1.54) is 6.92 Å². The van der Waals surface area contributed by atoms with Gasteiger partial charge in [0.1, 0.15) is 5.75 Å². The van der Waals surface area contributed by atoms with Crippen LogP contribution in [0.1, 0.15) is 19.4 Å². The molecule has 1 unspecified atom stereocenters. The Morgan fingerprint density at radius 3 is 2.71 bits per heavy atom. The number of amides is 1. The molecule has 0 aliphatic rings. The van der Waals surface area contributed by atoms with E-state index in [0.29, 0.717) is 24.3 Å². The van der Waals surface area contributed by atoms with Crippen LogP contribution in [0, 0.1) is 0 Å². The van der Waals surface area contributed by atoms with E-state index in [1.807, 2.05) is 6.92 Å². The van der Waals surface area contributed by atoms with Crippen LogP contribution in [0.5, 0.6) is 5.75 Å². The van der Waals surface area contributed by atoms with E-state index in [4.69, 9.17) is 4.74 Å². The van der Waals surface area contributed by atoms with Gasteiger partial charge in [-0.05, 0) is 19.9 Å². The van der Waals surface area contributed by atoms with E-state index in [9.17, 15) is 14.7 Å². The minimum atomic E-state index is -1.49. The molecule has 0 heterocycles. The third-order valence-electron chi connectivity index (χ3n) is 2.50. The lowest BCUT2D eigenvalue weighted by Gasteiger charge is -2.26. The minimum Gasteiger partial charge on any atom is -0.493 e. The van der Waals surface area contributed by atoms with Crippen molar-refractivity contribution in [1.82, 2.24) is 5.32 Å². The SMILES string of the molecule is CCOc1ccccc1C(C)(NC=O)C(=O)O. The summed E-state index contributed by atoms with van der Waals surface area (Å²) in [5.74, 6) is -0.689. The van der Waals surface area contributed by atoms with Crippen molar-refractivity contribution in [3.63, 3.8) is 0 Å². The number of aliphatic carboxylic acids is 1. The van der Waals surface area contributed by atoms with E-state index in [-0.39, 0.29) is 0 Å². The standard InChI is InChI=1S/C12H15NO4/c1-3-17-10-7-5-4-6-9(10)12(2,11(15)16)13-8-14/h4-8H,3H2,1-2H3,(H,13,14)(H,15,16). The maximum atomic E-state index is 11.3. The quantitative estimate of drug-likeness (QED) is 0.727.